The Bertz CT molecular complexity index is 902. The van der Waals surface area contributed by atoms with Crippen molar-refractivity contribution >= 4 is 11.6 Å². The van der Waals surface area contributed by atoms with E-state index in [2.05, 4.69) is 10.3 Å². The van der Waals surface area contributed by atoms with Crippen molar-refractivity contribution in [3.63, 3.8) is 0 Å². The van der Waals surface area contributed by atoms with Crippen LogP contribution < -0.4 is 14.8 Å². The van der Waals surface area contributed by atoms with Gasteiger partial charge in [-0.25, -0.2) is 4.98 Å². The van der Waals surface area contributed by atoms with Crippen molar-refractivity contribution in [3.05, 3.63) is 60.2 Å². The minimum atomic E-state index is -0.270. The van der Waals surface area contributed by atoms with Gasteiger partial charge in [0, 0.05) is 24.2 Å². The van der Waals surface area contributed by atoms with Gasteiger partial charge < -0.3 is 19.2 Å². The Balaban J connectivity index is 1.84. The predicted molar refractivity (Wildman–Crippen MR) is 94.2 cm³/mol. The van der Waals surface area contributed by atoms with Crippen LogP contribution in [0.4, 0.5) is 5.69 Å². The molecule has 1 amide bonds. The topological polar surface area (TPSA) is 73.6 Å². The van der Waals surface area contributed by atoms with E-state index in [0.717, 1.165) is 11.3 Å². The number of carbonyl (C=O) groups is 1. The first-order chi connectivity index (χ1) is 12.1. The molecule has 0 spiro atoms. The summed E-state index contributed by atoms with van der Waals surface area (Å²) in [6.45, 7) is 1.78. The van der Waals surface area contributed by atoms with Gasteiger partial charge in [0.25, 0.3) is 5.91 Å². The molecule has 6 nitrogen and oxygen atoms in total. The highest BCUT2D eigenvalue weighted by atomic mass is 16.5. The molecule has 25 heavy (non-hydrogen) atoms. The number of ether oxygens (including phenoxy) is 2. The van der Waals surface area contributed by atoms with E-state index in [-0.39, 0.29) is 5.91 Å². The summed E-state index contributed by atoms with van der Waals surface area (Å²) in [5.41, 5.74) is 2.65. The molecular formula is C19H18N2O4. The standard InChI is InChI=1S/C19H18N2O4/c1-12-20-17(11-25-12)13-5-4-6-14(9-13)21-19(22)16-8-7-15(23-2)10-18(16)24-3/h4-11H,1-3H3,(H,21,22). The highest BCUT2D eigenvalue weighted by molar-refractivity contribution is 6.06. The zero-order valence-corrected chi connectivity index (χ0v) is 14.2. The second-order valence-electron chi connectivity index (χ2n) is 5.35. The van der Waals surface area contributed by atoms with E-state index < -0.39 is 0 Å². The van der Waals surface area contributed by atoms with Gasteiger partial charge in [-0.15, -0.1) is 0 Å². The van der Waals surface area contributed by atoms with E-state index in [1.54, 1.807) is 38.5 Å². The molecule has 128 valence electrons. The van der Waals surface area contributed by atoms with Crippen LogP contribution in [0.15, 0.2) is 53.1 Å². The third-order valence-electron chi connectivity index (χ3n) is 3.69. The number of carbonyl (C=O) groups excluding carboxylic acids is 1. The summed E-state index contributed by atoms with van der Waals surface area (Å²) in [4.78, 5) is 16.9. The first kappa shape index (κ1) is 16.6. The van der Waals surface area contributed by atoms with Gasteiger partial charge in [-0.05, 0) is 24.3 Å². The quantitative estimate of drug-likeness (QED) is 0.763. The van der Waals surface area contributed by atoms with Crippen molar-refractivity contribution in [1.82, 2.24) is 4.98 Å². The number of anilines is 1. The fourth-order valence-electron chi connectivity index (χ4n) is 2.44. The van der Waals surface area contributed by atoms with Gasteiger partial charge in [-0.2, -0.15) is 0 Å². The van der Waals surface area contributed by atoms with Crippen LogP contribution in [0.2, 0.25) is 0 Å². The number of amides is 1. The third kappa shape index (κ3) is 3.63. The second-order valence-corrected chi connectivity index (χ2v) is 5.35. The third-order valence-corrected chi connectivity index (χ3v) is 3.69. The average molecular weight is 338 g/mol. The summed E-state index contributed by atoms with van der Waals surface area (Å²) >= 11 is 0. The monoisotopic (exact) mass is 338 g/mol. The molecule has 0 unspecified atom stereocenters. The highest BCUT2D eigenvalue weighted by Crippen LogP contribution is 2.26. The molecule has 0 bridgehead atoms. The van der Waals surface area contributed by atoms with E-state index in [1.165, 1.54) is 7.11 Å². The zero-order chi connectivity index (χ0) is 17.8. The van der Waals surface area contributed by atoms with E-state index in [1.807, 2.05) is 24.3 Å². The van der Waals surface area contributed by atoms with Gasteiger partial charge in [0.2, 0.25) is 0 Å². The smallest absolute Gasteiger partial charge is 0.259 e. The Morgan fingerprint density at radius 3 is 2.64 bits per heavy atom. The molecule has 1 heterocycles. The molecule has 3 rings (SSSR count). The summed E-state index contributed by atoms with van der Waals surface area (Å²) in [5, 5.41) is 2.87. The van der Waals surface area contributed by atoms with Crippen molar-refractivity contribution in [3.8, 4) is 22.8 Å². The molecule has 0 aliphatic carbocycles. The largest absolute Gasteiger partial charge is 0.497 e. The Morgan fingerprint density at radius 2 is 1.96 bits per heavy atom. The molecule has 1 aromatic heterocycles. The summed E-state index contributed by atoms with van der Waals surface area (Å²) in [7, 11) is 3.07. The minimum absolute atomic E-state index is 0.270. The maximum Gasteiger partial charge on any atom is 0.259 e. The first-order valence-corrected chi connectivity index (χ1v) is 7.66. The van der Waals surface area contributed by atoms with Crippen molar-refractivity contribution in [1.29, 1.82) is 0 Å². The second kappa shape index (κ2) is 7.09. The summed E-state index contributed by atoms with van der Waals surface area (Å²) in [6.07, 6.45) is 1.59. The number of aryl methyl sites for hydroxylation is 1. The minimum Gasteiger partial charge on any atom is -0.497 e. The summed E-state index contributed by atoms with van der Waals surface area (Å²) < 4.78 is 15.7. The predicted octanol–water partition coefficient (Wildman–Crippen LogP) is 3.92. The number of aromatic nitrogens is 1. The Kier molecular flexibility index (Phi) is 4.70. The molecule has 0 saturated heterocycles. The molecule has 3 aromatic rings. The first-order valence-electron chi connectivity index (χ1n) is 7.66. The summed E-state index contributed by atoms with van der Waals surface area (Å²) in [6, 6.07) is 12.4. The van der Waals surface area contributed by atoms with E-state index in [9.17, 15) is 4.79 Å². The normalized spacial score (nSPS) is 10.4. The summed E-state index contributed by atoms with van der Waals surface area (Å²) in [5.74, 6) is 1.39. The maximum atomic E-state index is 12.6. The van der Waals surface area contributed by atoms with Gasteiger partial charge in [-0.1, -0.05) is 12.1 Å². The fraction of sp³-hybridized carbons (Fsp3) is 0.158. The maximum absolute atomic E-state index is 12.6. The SMILES string of the molecule is COc1ccc(C(=O)Nc2cccc(-c3coc(C)n3)c2)c(OC)c1. The average Bonchev–Trinajstić information content (AvgIpc) is 3.07. The van der Waals surface area contributed by atoms with Gasteiger partial charge in [0.15, 0.2) is 5.89 Å². The van der Waals surface area contributed by atoms with E-state index >= 15 is 0 Å². The number of benzene rings is 2. The van der Waals surface area contributed by atoms with Crippen LogP contribution in [0.25, 0.3) is 11.3 Å². The van der Waals surface area contributed by atoms with Gasteiger partial charge >= 0.3 is 0 Å². The number of hydrogen-bond acceptors (Lipinski definition) is 5. The Hall–Kier alpha value is -3.28. The van der Waals surface area contributed by atoms with Gasteiger partial charge in [0.05, 0.1) is 19.8 Å². The fourth-order valence-corrected chi connectivity index (χ4v) is 2.44. The van der Waals surface area contributed by atoms with Crippen LogP contribution in [0.1, 0.15) is 16.2 Å². The molecule has 6 heteroatoms. The van der Waals surface area contributed by atoms with Crippen LogP contribution in [-0.2, 0) is 0 Å². The number of methoxy groups -OCH3 is 2. The number of nitrogens with one attached hydrogen (secondary N) is 1. The van der Waals surface area contributed by atoms with Crippen molar-refractivity contribution in [2.45, 2.75) is 6.92 Å². The molecule has 0 fully saturated rings. The molecule has 0 saturated carbocycles. The Labute approximate surface area is 145 Å². The van der Waals surface area contributed by atoms with Crippen molar-refractivity contribution in [2.24, 2.45) is 0 Å². The van der Waals surface area contributed by atoms with E-state index in [0.29, 0.717) is 28.6 Å². The van der Waals surface area contributed by atoms with Crippen LogP contribution in [0, 0.1) is 6.92 Å². The van der Waals surface area contributed by atoms with Crippen LogP contribution >= 0.6 is 0 Å². The number of rotatable bonds is 5. The Morgan fingerprint density at radius 1 is 1.12 bits per heavy atom. The van der Waals surface area contributed by atoms with Gasteiger partial charge in [-0.3, -0.25) is 4.79 Å². The molecule has 0 aliphatic rings. The lowest BCUT2D eigenvalue weighted by atomic mass is 10.1. The number of hydrogen-bond donors (Lipinski definition) is 1. The molecule has 0 aliphatic heterocycles. The molecule has 0 radical (unpaired) electrons. The molecule has 1 N–H and O–H groups in total. The number of oxazole rings is 1. The van der Waals surface area contributed by atoms with Crippen molar-refractivity contribution in [2.75, 3.05) is 19.5 Å². The lowest BCUT2D eigenvalue weighted by Gasteiger charge is -2.11. The highest BCUT2D eigenvalue weighted by Gasteiger charge is 2.14. The molecule has 2 aromatic carbocycles. The van der Waals surface area contributed by atoms with Crippen molar-refractivity contribution < 1.29 is 18.7 Å². The lowest BCUT2D eigenvalue weighted by Crippen LogP contribution is -2.13. The molecule has 0 atom stereocenters. The van der Waals surface area contributed by atoms with Crippen LogP contribution in [0.5, 0.6) is 11.5 Å². The lowest BCUT2D eigenvalue weighted by molar-refractivity contribution is 0.102. The van der Waals surface area contributed by atoms with Crippen LogP contribution in [-0.4, -0.2) is 25.1 Å². The van der Waals surface area contributed by atoms with E-state index in [4.69, 9.17) is 13.9 Å². The van der Waals surface area contributed by atoms with Gasteiger partial charge in [0.1, 0.15) is 23.5 Å². The van der Waals surface area contributed by atoms with Crippen LogP contribution in [0.3, 0.4) is 0 Å². The molecular weight excluding hydrogens is 320 g/mol. The zero-order valence-electron chi connectivity index (χ0n) is 14.2. The number of nitrogens with zero attached hydrogens (tertiary/aromatic N) is 1.